The molecule has 184 valence electrons. The van der Waals surface area contributed by atoms with E-state index in [1.54, 1.807) is 29.1 Å². The van der Waals surface area contributed by atoms with Gasteiger partial charge in [0.05, 0.1) is 5.69 Å². The molecule has 3 aromatic carbocycles. The predicted molar refractivity (Wildman–Crippen MR) is 152 cm³/mol. The minimum atomic E-state index is -0.384. The number of hydrogen-bond donors (Lipinski definition) is 2. The third-order valence-corrected chi connectivity index (χ3v) is 6.34. The van der Waals surface area contributed by atoms with E-state index in [0.29, 0.717) is 21.1 Å². The lowest BCUT2D eigenvalue weighted by Gasteiger charge is -2.10. The summed E-state index contributed by atoms with van der Waals surface area (Å²) in [6.07, 6.45) is 6.38. The summed E-state index contributed by atoms with van der Waals surface area (Å²) in [7, 11) is 0. The summed E-state index contributed by atoms with van der Waals surface area (Å²) in [6, 6.07) is 17.2. The fourth-order valence-electron chi connectivity index (χ4n) is 3.60. The molecule has 0 spiro atoms. The van der Waals surface area contributed by atoms with Crippen LogP contribution in [-0.4, -0.2) is 26.0 Å². The van der Waals surface area contributed by atoms with E-state index in [1.165, 1.54) is 24.5 Å². The molecule has 0 aliphatic heterocycles. The van der Waals surface area contributed by atoms with E-state index in [2.05, 4.69) is 39.9 Å². The molecule has 0 saturated carbocycles. The molecule has 1 heterocycles. The second-order valence-corrected chi connectivity index (χ2v) is 9.61. The molecule has 0 bridgehead atoms. The molecule has 1 amide bonds. The van der Waals surface area contributed by atoms with Crippen LogP contribution in [0.1, 0.15) is 36.5 Å². The first kappa shape index (κ1) is 25.8. The molecule has 0 aliphatic carbocycles. The van der Waals surface area contributed by atoms with Crippen LogP contribution in [0.15, 0.2) is 60.7 Å². The van der Waals surface area contributed by atoms with Gasteiger partial charge in [0.25, 0.3) is 0 Å². The standard InChI is InChI=1S/C27H25Cl2N5OS/c1-3-4-5-18-6-11-21(12-7-18)34-32-24-14-17(2)23(16-25(24)33-34)30-27(36)31-26(35)13-9-19-8-10-20(28)15-22(19)29/h6-16H,3-5H2,1-2H3,(H2,30,31,35,36)/b13-9+. The number of halogens is 2. The summed E-state index contributed by atoms with van der Waals surface area (Å²) < 4.78 is 0. The summed E-state index contributed by atoms with van der Waals surface area (Å²) >= 11 is 17.4. The second kappa shape index (κ2) is 11.6. The summed E-state index contributed by atoms with van der Waals surface area (Å²) in [4.78, 5) is 13.9. The van der Waals surface area contributed by atoms with Crippen LogP contribution >= 0.6 is 35.4 Å². The Labute approximate surface area is 225 Å². The van der Waals surface area contributed by atoms with E-state index >= 15 is 0 Å². The van der Waals surface area contributed by atoms with E-state index in [9.17, 15) is 4.79 Å². The maximum Gasteiger partial charge on any atom is 0.250 e. The van der Waals surface area contributed by atoms with E-state index in [1.807, 2.05) is 31.2 Å². The van der Waals surface area contributed by atoms with Gasteiger partial charge in [-0.2, -0.15) is 4.80 Å². The highest BCUT2D eigenvalue weighted by atomic mass is 35.5. The number of nitrogens with one attached hydrogen (secondary N) is 2. The Balaban J connectivity index is 1.43. The average Bonchev–Trinajstić information content (AvgIpc) is 3.25. The van der Waals surface area contributed by atoms with Crippen molar-refractivity contribution in [3.63, 3.8) is 0 Å². The van der Waals surface area contributed by atoms with E-state index in [4.69, 9.17) is 35.4 Å². The first-order valence-corrected chi connectivity index (χ1v) is 12.7. The van der Waals surface area contributed by atoms with Crippen LogP contribution in [0.25, 0.3) is 22.8 Å². The Morgan fingerprint density at radius 1 is 1.06 bits per heavy atom. The van der Waals surface area contributed by atoms with Crippen LogP contribution in [0.5, 0.6) is 0 Å². The number of benzene rings is 3. The zero-order chi connectivity index (χ0) is 25.7. The number of carbonyl (C=O) groups excluding carboxylic acids is 1. The molecule has 0 atom stereocenters. The van der Waals surface area contributed by atoms with Crippen molar-refractivity contribution in [3.05, 3.63) is 87.4 Å². The number of thiocarbonyl (C=S) groups is 1. The van der Waals surface area contributed by atoms with Crippen molar-refractivity contribution in [1.29, 1.82) is 0 Å². The highest BCUT2D eigenvalue weighted by Gasteiger charge is 2.11. The maximum atomic E-state index is 12.3. The van der Waals surface area contributed by atoms with Gasteiger partial charge in [-0.15, -0.1) is 10.2 Å². The number of aryl methyl sites for hydroxylation is 2. The summed E-state index contributed by atoms with van der Waals surface area (Å²) in [5, 5.41) is 16.1. The number of carbonyl (C=O) groups is 1. The number of anilines is 1. The number of hydrogen-bond acceptors (Lipinski definition) is 4. The molecule has 0 aliphatic rings. The number of rotatable bonds is 7. The highest BCUT2D eigenvalue weighted by molar-refractivity contribution is 7.80. The molecular weight excluding hydrogens is 513 g/mol. The van der Waals surface area contributed by atoms with Crippen LogP contribution in [0.3, 0.4) is 0 Å². The lowest BCUT2D eigenvalue weighted by Crippen LogP contribution is -2.33. The normalized spacial score (nSPS) is 11.2. The van der Waals surface area contributed by atoms with Crippen LogP contribution in [-0.2, 0) is 11.2 Å². The number of unbranched alkanes of at least 4 members (excludes halogenated alkanes) is 1. The van der Waals surface area contributed by atoms with E-state index < -0.39 is 0 Å². The molecule has 0 fully saturated rings. The van der Waals surface area contributed by atoms with Crippen LogP contribution in [0.4, 0.5) is 5.69 Å². The molecule has 36 heavy (non-hydrogen) atoms. The third-order valence-electron chi connectivity index (χ3n) is 5.57. The molecule has 1 aromatic heterocycles. The quantitative estimate of drug-likeness (QED) is 0.198. The highest BCUT2D eigenvalue weighted by Crippen LogP contribution is 2.23. The topological polar surface area (TPSA) is 71.8 Å². The fraction of sp³-hybridized carbons (Fsp3) is 0.185. The maximum absolute atomic E-state index is 12.3. The van der Waals surface area contributed by atoms with Gasteiger partial charge in [0.15, 0.2) is 5.11 Å². The molecule has 2 N–H and O–H groups in total. The van der Waals surface area contributed by atoms with Crippen molar-refractivity contribution >= 4 is 69.2 Å². The van der Waals surface area contributed by atoms with Crippen molar-refractivity contribution in [3.8, 4) is 5.69 Å². The SMILES string of the molecule is CCCCc1ccc(-n2nc3cc(C)c(NC(=S)NC(=O)/C=C/c4ccc(Cl)cc4Cl)cc3n2)cc1. The van der Waals surface area contributed by atoms with Gasteiger partial charge < -0.3 is 5.32 Å². The van der Waals surface area contributed by atoms with Crippen LogP contribution in [0, 0.1) is 6.92 Å². The van der Waals surface area contributed by atoms with Gasteiger partial charge >= 0.3 is 0 Å². The molecule has 4 rings (SSSR count). The number of aromatic nitrogens is 3. The van der Waals surface area contributed by atoms with E-state index in [-0.39, 0.29) is 11.0 Å². The van der Waals surface area contributed by atoms with Gasteiger partial charge in [-0.3, -0.25) is 10.1 Å². The Morgan fingerprint density at radius 3 is 2.47 bits per heavy atom. The van der Waals surface area contributed by atoms with Crippen LogP contribution in [0.2, 0.25) is 10.0 Å². The zero-order valence-electron chi connectivity index (χ0n) is 19.9. The van der Waals surface area contributed by atoms with Crippen molar-refractivity contribution in [2.24, 2.45) is 0 Å². The first-order chi connectivity index (χ1) is 17.3. The summed E-state index contributed by atoms with van der Waals surface area (Å²) in [6.45, 7) is 4.13. The second-order valence-electron chi connectivity index (χ2n) is 8.36. The lowest BCUT2D eigenvalue weighted by molar-refractivity contribution is -0.115. The van der Waals surface area contributed by atoms with Crippen molar-refractivity contribution in [2.75, 3.05) is 5.32 Å². The van der Waals surface area contributed by atoms with E-state index in [0.717, 1.165) is 28.9 Å². The Hall–Kier alpha value is -3.26. The molecule has 0 saturated heterocycles. The van der Waals surface area contributed by atoms with Gasteiger partial charge in [0, 0.05) is 21.8 Å². The van der Waals surface area contributed by atoms with Gasteiger partial charge in [-0.1, -0.05) is 54.7 Å². The number of fused-ring (bicyclic) bond motifs is 1. The Kier molecular flexibility index (Phi) is 8.36. The smallest absolute Gasteiger partial charge is 0.250 e. The van der Waals surface area contributed by atoms with Crippen molar-refractivity contribution in [1.82, 2.24) is 20.3 Å². The Morgan fingerprint density at radius 2 is 1.78 bits per heavy atom. The number of amides is 1. The van der Waals surface area contributed by atoms with Gasteiger partial charge in [-0.05, 0) is 91.1 Å². The molecular formula is C27H25Cl2N5OS. The summed E-state index contributed by atoms with van der Waals surface area (Å²) in [5.41, 5.74) is 6.02. The predicted octanol–water partition coefficient (Wildman–Crippen LogP) is 6.90. The van der Waals surface area contributed by atoms with Gasteiger partial charge in [0.1, 0.15) is 11.0 Å². The van der Waals surface area contributed by atoms with Crippen LogP contribution < -0.4 is 10.6 Å². The molecule has 0 radical (unpaired) electrons. The molecule has 4 aromatic rings. The monoisotopic (exact) mass is 537 g/mol. The molecule has 9 heteroatoms. The Bertz CT molecular complexity index is 1450. The zero-order valence-corrected chi connectivity index (χ0v) is 22.2. The van der Waals surface area contributed by atoms with Gasteiger partial charge in [-0.25, -0.2) is 0 Å². The first-order valence-electron chi connectivity index (χ1n) is 11.5. The fourth-order valence-corrected chi connectivity index (χ4v) is 4.29. The van der Waals surface area contributed by atoms with Gasteiger partial charge in [0.2, 0.25) is 5.91 Å². The minimum absolute atomic E-state index is 0.171. The minimum Gasteiger partial charge on any atom is -0.332 e. The average molecular weight is 539 g/mol. The van der Waals surface area contributed by atoms with Crippen molar-refractivity contribution in [2.45, 2.75) is 33.1 Å². The molecule has 0 unspecified atom stereocenters. The largest absolute Gasteiger partial charge is 0.332 e. The lowest BCUT2D eigenvalue weighted by atomic mass is 10.1. The summed E-state index contributed by atoms with van der Waals surface area (Å²) in [5.74, 6) is -0.384. The van der Waals surface area contributed by atoms with Crippen molar-refractivity contribution < 1.29 is 4.79 Å². The number of nitrogens with zero attached hydrogens (tertiary/aromatic N) is 3. The third kappa shape index (κ3) is 6.49. The molecule has 6 nitrogen and oxygen atoms in total.